The molecule has 0 radical (unpaired) electrons. The van der Waals surface area contributed by atoms with Gasteiger partial charge in [-0.15, -0.1) is 0 Å². The van der Waals surface area contributed by atoms with E-state index in [1.54, 1.807) is 36.4 Å². The number of hydrogen-bond donors (Lipinski definition) is 4. The Kier molecular flexibility index (Phi) is 9.75. The van der Waals surface area contributed by atoms with E-state index in [0.717, 1.165) is 25.1 Å². The maximum atomic E-state index is 12.8. The minimum Gasteiger partial charge on any atom is -0.378 e. The van der Waals surface area contributed by atoms with Gasteiger partial charge in [0.15, 0.2) is 5.82 Å². The van der Waals surface area contributed by atoms with Crippen LogP contribution in [0.5, 0.6) is 0 Å². The molecular formula is C32H42N11O4+. The number of ether oxygens (including phenoxy) is 1. The fourth-order valence-corrected chi connectivity index (χ4v) is 5.87. The van der Waals surface area contributed by atoms with Gasteiger partial charge in [-0.1, -0.05) is 0 Å². The summed E-state index contributed by atoms with van der Waals surface area (Å²) in [5.41, 5.74) is 8.24. The van der Waals surface area contributed by atoms with Crippen molar-refractivity contribution in [2.24, 2.45) is 5.73 Å². The third-order valence-electron chi connectivity index (χ3n) is 8.86. The van der Waals surface area contributed by atoms with Gasteiger partial charge in [-0.3, -0.25) is 4.79 Å². The van der Waals surface area contributed by atoms with Crippen LogP contribution in [-0.2, 0) is 4.74 Å². The number of piperazine rings is 1. The fourth-order valence-electron chi connectivity index (χ4n) is 5.87. The minimum atomic E-state index is -0.404. The molecule has 248 valence electrons. The second-order valence-electron chi connectivity index (χ2n) is 12.2. The molecule has 15 nitrogen and oxygen atoms in total. The summed E-state index contributed by atoms with van der Waals surface area (Å²) in [5, 5.41) is 8.91. The highest BCUT2D eigenvalue weighted by molar-refractivity contribution is 6.00. The van der Waals surface area contributed by atoms with Gasteiger partial charge in [0.1, 0.15) is 6.54 Å². The first-order chi connectivity index (χ1) is 22.8. The highest BCUT2D eigenvalue weighted by Crippen LogP contribution is 2.25. The van der Waals surface area contributed by atoms with E-state index in [2.05, 4.69) is 25.8 Å². The summed E-state index contributed by atoms with van der Waals surface area (Å²) in [6, 6.07) is 13.5. The Balaban J connectivity index is 1.13. The Morgan fingerprint density at radius 3 is 2.00 bits per heavy atom. The number of benzene rings is 2. The van der Waals surface area contributed by atoms with E-state index in [4.69, 9.17) is 25.4 Å². The number of nitrogens with one attached hydrogen (secondary N) is 3. The van der Waals surface area contributed by atoms with Gasteiger partial charge in [0.2, 0.25) is 11.9 Å². The van der Waals surface area contributed by atoms with Crippen LogP contribution in [0.1, 0.15) is 16.8 Å². The fraction of sp³-hybridized carbons (Fsp3) is 0.438. The van der Waals surface area contributed by atoms with Crippen molar-refractivity contribution in [3.05, 3.63) is 54.1 Å². The standard InChI is InChI=1S/C32H41N11O4/c1-43(29(33)45)19-2-13-41(16-20-43)30-37-27(38-31(39-30)42-17-21-47-22-18-42)23-3-7-25(8-4-23)35-32(46)36-26-9-5-24(6-10-26)28(44)40-14-11-34-12-15-40/h3-10,34H,2,11-22H2,1H3,(H3-,33,35,36,37,38,39,44,45,46)/p+1. The maximum absolute atomic E-state index is 12.8. The highest BCUT2D eigenvalue weighted by Gasteiger charge is 2.33. The van der Waals surface area contributed by atoms with Crippen LogP contribution in [0.4, 0.5) is 32.9 Å². The normalized spacial score (nSPS) is 20.3. The predicted molar refractivity (Wildman–Crippen MR) is 178 cm³/mol. The van der Waals surface area contributed by atoms with E-state index in [9.17, 15) is 14.4 Å². The van der Waals surface area contributed by atoms with Crippen molar-refractivity contribution in [3.8, 4) is 11.4 Å². The number of rotatable bonds is 6. The van der Waals surface area contributed by atoms with Gasteiger partial charge < -0.3 is 41.1 Å². The van der Waals surface area contributed by atoms with Gasteiger partial charge >= 0.3 is 12.1 Å². The van der Waals surface area contributed by atoms with Crippen LogP contribution in [0, 0.1) is 0 Å². The molecule has 3 fully saturated rings. The molecule has 1 aromatic heterocycles. The molecule has 0 aliphatic carbocycles. The monoisotopic (exact) mass is 644 g/mol. The average molecular weight is 645 g/mol. The van der Waals surface area contributed by atoms with Crippen LogP contribution >= 0.6 is 0 Å². The molecular weight excluding hydrogens is 602 g/mol. The summed E-state index contributed by atoms with van der Waals surface area (Å²) in [4.78, 5) is 58.1. The number of quaternary nitrogens is 1. The Morgan fingerprint density at radius 2 is 1.38 bits per heavy atom. The summed E-state index contributed by atoms with van der Waals surface area (Å²) in [5.74, 6) is 1.63. The maximum Gasteiger partial charge on any atom is 0.413 e. The van der Waals surface area contributed by atoms with Crippen LogP contribution < -0.4 is 31.5 Å². The number of anilines is 4. The van der Waals surface area contributed by atoms with E-state index in [1.807, 2.05) is 24.1 Å². The first-order valence-corrected chi connectivity index (χ1v) is 16.0. The molecule has 0 spiro atoms. The molecule has 3 aliphatic rings. The number of carbonyl (C=O) groups excluding carboxylic acids is 3. The van der Waals surface area contributed by atoms with Crippen molar-refractivity contribution < 1.29 is 23.6 Å². The van der Waals surface area contributed by atoms with Crippen molar-refractivity contribution in [1.29, 1.82) is 0 Å². The van der Waals surface area contributed by atoms with Crippen LogP contribution in [0.2, 0.25) is 0 Å². The summed E-state index contributed by atoms with van der Waals surface area (Å²) < 4.78 is 5.71. The summed E-state index contributed by atoms with van der Waals surface area (Å²) in [6.45, 7) is 7.96. The van der Waals surface area contributed by atoms with Crippen molar-refractivity contribution >= 4 is 41.2 Å². The first kappa shape index (κ1) is 32.1. The van der Waals surface area contributed by atoms with Gasteiger partial charge in [-0.25, -0.2) is 14.1 Å². The molecule has 0 bridgehead atoms. The summed E-state index contributed by atoms with van der Waals surface area (Å²) in [7, 11) is 1.87. The molecule has 5 amide bonds. The lowest BCUT2D eigenvalue weighted by molar-refractivity contribution is -0.826. The largest absolute Gasteiger partial charge is 0.413 e. The number of amides is 5. The molecule has 15 heteroatoms. The smallest absolute Gasteiger partial charge is 0.378 e. The first-order valence-electron chi connectivity index (χ1n) is 16.0. The Labute approximate surface area is 273 Å². The zero-order valence-corrected chi connectivity index (χ0v) is 26.7. The van der Waals surface area contributed by atoms with E-state index < -0.39 is 6.03 Å². The highest BCUT2D eigenvalue weighted by atomic mass is 16.5. The molecule has 3 aliphatic heterocycles. The second kappa shape index (κ2) is 14.3. The average Bonchev–Trinajstić information content (AvgIpc) is 3.32. The van der Waals surface area contributed by atoms with Crippen molar-refractivity contribution in [2.45, 2.75) is 6.42 Å². The van der Waals surface area contributed by atoms with Gasteiger partial charge in [0.05, 0.1) is 33.4 Å². The SMILES string of the molecule is C[N+]1(C(N)=O)CCCN(c2nc(-c3ccc(NC(=O)Nc4ccc(C(=O)N5CCNCC5)cc4)cc3)nc(N3CCOCC3)n2)CC1. The molecule has 0 saturated carbocycles. The molecule has 1 unspecified atom stereocenters. The number of hydrogen-bond acceptors (Lipinski definition) is 10. The Hall–Kier alpha value is -4.86. The van der Waals surface area contributed by atoms with Crippen molar-refractivity contribution in [1.82, 2.24) is 25.2 Å². The Bertz CT molecular complexity index is 1570. The van der Waals surface area contributed by atoms with E-state index >= 15 is 0 Å². The van der Waals surface area contributed by atoms with E-state index in [-0.39, 0.29) is 16.4 Å². The van der Waals surface area contributed by atoms with Gasteiger partial charge in [-0.05, 0) is 48.5 Å². The van der Waals surface area contributed by atoms with Crippen LogP contribution in [-0.4, -0.2) is 128 Å². The number of likely N-dealkylation sites (N-methyl/N-ethyl adjacent to an activating group) is 1. The van der Waals surface area contributed by atoms with Crippen LogP contribution in [0.15, 0.2) is 48.5 Å². The zero-order chi connectivity index (χ0) is 32.8. The number of morpholine rings is 1. The lowest BCUT2D eigenvalue weighted by Gasteiger charge is -2.29. The van der Waals surface area contributed by atoms with Crippen molar-refractivity contribution in [3.63, 3.8) is 0 Å². The topological polar surface area (TPSA) is 171 Å². The number of carbonyl (C=O) groups is 3. The number of primary amides is 1. The number of urea groups is 2. The lowest BCUT2D eigenvalue weighted by Crippen LogP contribution is -2.54. The van der Waals surface area contributed by atoms with Gasteiger partial charge in [-0.2, -0.15) is 15.0 Å². The zero-order valence-electron chi connectivity index (χ0n) is 26.7. The van der Waals surface area contributed by atoms with Crippen LogP contribution in [0.25, 0.3) is 11.4 Å². The molecule has 6 rings (SSSR count). The quantitative estimate of drug-likeness (QED) is 0.290. The van der Waals surface area contributed by atoms with E-state index in [0.29, 0.717) is 100 Å². The lowest BCUT2D eigenvalue weighted by atomic mass is 10.1. The van der Waals surface area contributed by atoms with Crippen LogP contribution in [0.3, 0.4) is 0 Å². The number of aromatic nitrogens is 3. The third-order valence-corrected chi connectivity index (χ3v) is 8.86. The molecule has 47 heavy (non-hydrogen) atoms. The van der Waals surface area contributed by atoms with Gasteiger partial charge in [0.25, 0.3) is 5.91 Å². The van der Waals surface area contributed by atoms with E-state index in [1.165, 1.54) is 0 Å². The Morgan fingerprint density at radius 1 is 0.787 bits per heavy atom. The predicted octanol–water partition coefficient (Wildman–Crippen LogP) is 1.80. The summed E-state index contributed by atoms with van der Waals surface area (Å²) in [6.07, 6.45) is 0.772. The molecule has 5 N–H and O–H groups in total. The molecule has 4 heterocycles. The molecule has 1 atom stereocenters. The second-order valence-corrected chi connectivity index (χ2v) is 12.2. The van der Waals surface area contributed by atoms with Crippen molar-refractivity contribution in [2.75, 3.05) is 106 Å². The third kappa shape index (κ3) is 7.76. The molecule has 3 aromatic rings. The summed E-state index contributed by atoms with van der Waals surface area (Å²) >= 11 is 0. The minimum absolute atomic E-state index is 0.0123. The number of nitrogens with zero attached hydrogens (tertiary/aromatic N) is 7. The molecule has 3 saturated heterocycles. The van der Waals surface area contributed by atoms with Gasteiger partial charge in [0, 0.05) is 74.7 Å². The molecule has 2 aromatic carbocycles. The number of nitrogens with two attached hydrogens (primary N) is 1.